The van der Waals surface area contributed by atoms with Gasteiger partial charge in [-0.15, -0.1) is 0 Å². The second-order valence-corrected chi connectivity index (χ2v) is 4.88. The average molecular weight is 252 g/mol. The molecule has 1 saturated carbocycles. The number of hydrogen-bond acceptors (Lipinski definition) is 1. The van der Waals surface area contributed by atoms with Gasteiger partial charge in [0.05, 0.1) is 6.61 Å². The summed E-state index contributed by atoms with van der Waals surface area (Å²) in [4.78, 5) is 0. The Balaban J connectivity index is 2.24. The standard InChI is InChI=1S/C15H18F2O/c16-14-6-7-15(17)12(9-14)8-13(10-18)11-4-2-1-3-5-11/h6-9,11,18H,1-5,10H2. The summed E-state index contributed by atoms with van der Waals surface area (Å²) in [6.45, 7) is -0.0827. The van der Waals surface area contributed by atoms with E-state index in [0.717, 1.165) is 43.4 Å². The largest absolute Gasteiger partial charge is 0.392 e. The number of halogens is 2. The molecule has 0 bridgehead atoms. The molecule has 1 aliphatic carbocycles. The molecule has 3 heteroatoms. The van der Waals surface area contributed by atoms with Gasteiger partial charge in [0.15, 0.2) is 0 Å². The molecule has 0 atom stereocenters. The van der Waals surface area contributed by atoms with E-state index in [1.54, 1.807) is 6.08 Å². The Kier molecular flexibility index (Phi) is 4.48. The van der Waals surface area contributed by atoms with Gasteiger partial charge >= 0.3 is 0 Å². The fourth-order valence-electron chi connectivity index (χ4n) is 2.59. The van der Waals surface area contributed by atoms with Crippen LogP contribution in [-0.2, 0) is 0 Å². The smallest absolute Gasteiger partial charge is 0.130 e. The molecule has 1 aromatic carbocycles. The van der Waals surface area contributed by atoms with Gasteiger partial charge in [-0.25, -0.2) is 8.78 Å². The topological polar surface area (TPSA) is 20.2 Å². The second-order valence-electron chi connectivity index (χ2n) is 4.88. The molecule has 0 radical (unpaired) electrons. The summed E-state index contributed by atoms with van der Waals surface area (Å²) < 4.78 is 26.6. The van der Waals surface area contributed by atoms with Gasteiger partial charge < -0.3 is 5.11 Å². The predicted molar refractivity (Wildman–Crippen MR) is 68.0 cm³/mol. The average Bonchev–Trinajstić information content (AvgIpc) is 2.41. The van der Waals surface area contributed by atoms with Crippen LogP contribution in [0.25, 0.3) is 6.08 Å². The van der Waals surface area contributed by atoms with E-state index < -0.39 is 11.6 Å². The first-order valence-electron chi connectivity index (χ1n) is 6.47. The monoisotopic (exact) mass is 252 g/mol. The maximum Gasteiger partial charge on any atom is 0.130 e. The van der Waals surface area contributed by atoms with Gasteiger partial charge in [-0.05, 0) is 42.5 Å². The molecule has 1 fully saturated rings. The predicted octanol–water partition coefficient (Wildman–Crippen LogP) is 3.92. The Morgan fingerprint density at radius 2 is 1.94 bits per heavy atom. The van der Waals surface area contributed by atoms with E-state index in [1.165, 1.54) is 12.5 Å². The van der Waals surface area contributed by atoms with Crippen LogP contribution >= 0.6 is 0 Å². The van der Waals surface area contributed by atoms with Crippen LogP contribution in [0, 0.1) is 17.6 Å². The minimum atomic E-state index is -0.455. The molecule has 1 aromatic rings. The molecule has 2 rings (SSSR count). The van der Waals surface area contributed by atoms with E-state index in [4.69, 9.17) is 0 Å². The second kappa shape index (κ2) is 6.10. The molecular formula is C15H18F2O. The summed E-state index contributed by atoms with van der Waals surface area (Å²) >= 11 is 0. The summed E-state index contributed by atoms with van der Waals surface area (Å²) in [5.74, 6) is -0.590. The van der Waals surface area contributed by atoms with Crippen molar-refractivity contribution in [1.82, 2.24) is 0 Å². The van der Waals surface area contributed by atoms with E-state index in [2.05, 4.69) is 0 Å². The van der Waals surface area contributed by atoms with Crippen LogP contribution in [0.2, 0.25) is 0 Å². The van der Waals surface area contributed by atoms with Crippen LogP contribution in [0.4, 0.5) is 8.78 Å². The lowest BCUT2D eigenvalue weighted by Crippen LogP contribution is -2.11. The quantitative estimate of drug-likeness (QED) is 0.864. The van der Waals surface area contributed by atoms with Crippen molar-refractivity contribution in [2.45, 2.75) is 32.1 Å². The molecule has 1 aliphatic rings. The van der Waals surface area contributed by atoms with E-state index in [1.807, 2.05) is 0 Å². The van der Waals surface area contributed by atoms with Crippen LogP contribution in [0.5, 0.6) is 0 Å². The zero-order valence-corrected chi connectivity index (χ0v) is 10.3. The van der Waals surface area contributed by atoms with Gasteiger partial charge in [0.25, 0.3) is 0 Å². The summed E-state index contributed by atoms with van der Waals surface area (Å²) in [5, 5.41) is 9.42. The lowest BCUT2D eigenvalue weighted by molar-refractivity contribution is 0.295. The summed E-state index contributed by atoms with van der Waals surface area (Å²) in [7, 11) is 0. The number of rotatable bonds is 3. The number of aliphatic hydroxyl groups excluding tert-OH is 1. The molecule has 18 heavy (non-hydrogen) atoms. The molecule has 0 heterocycles. The van der Waals surface area contributed by atoms with Gasteiger partial charge in [-0.1, -0.05) is 25.3 Å². The SMILES string of the molecule is OCC(=Cc1cc(F)ccc1F)C1CCCCC1. The van der Waals surface area contributed by atoms with Crippen molar-refractivity contribution in [3.8, 4) is 0 Å². The van der Waals surface area contributed by atoms with Crippen molar-refractivity contribution in [1.29, 1.82) is 0 Å². The Labute approximate surface area is 106 Å². The zero-order valence-electron chi connectivity index (χ0n) is 10.3. The Bertz CT molecular complexity index is 434. The Hall–Kier alpha value is -1.22. The zero-order chi connectivity index (χ0) is 13.0. The Morgan fingerprint density at radius 1 is 1.22 bits per heavy atom. The van der Waals surface area contributed by atoms with Crippen molar-refractivity contribution < 1.29 is 13.9 Å². The van der Waals surface area contributed by atoms with E-state index in [0.29, 0.717) is 5.92 Å². The van der Waals surface area contributed by atoms with E-state index >= 15 is 0 Å². The van der Waals surface area contributed by atoms with Crippen molar-refractivity contribution in [3.05, 3.63) is 41.0 Å². The molecule has 0 aliphatic heterocycles. The highest BCUT2D eigenvalue weighted by atomic mass is 19.1. The van der Waals surface area contributed by atoms with Gasteiger partial charge in [0.1, 0.15) is 11.6 Å². The first kappa shape index (κ1) is 13.2. The van der Waals surface area contributed by atoms with Crippen LogP contribution < -0.4 is 0 Å². The fourth-order valence-corrected chi connectivity index (χ4v) is 2.59. The van der Waals surface area contributed by atoms with Gasteiger partial charge in [-0.2, -0.15) is 0 Å². The molecule has 0 amide bonds. The minimum absolute atomic E-state index is 0.0827. The maximum atomic E-state index is 13.5. The molecule has 1 nitrogen and oxygen atoms in total. The van der Waals surface area contributed by atoms with Crippen LogP contribution in [0.3, 0.4) is 0 Å². The number of hydrogen-bond donors (Lipinski definition) is 1. The number of benzene rings is 1. The van der Waals surface area contributed by atoms with E-state index in [-0.39, 0.29) is 12.2 Å². The highest BCUT2D eigenvalue weighted by Gasteiger charge is 2.17. The van der Waals surface area contributed by atoms with Crippen LogP contribution in [0.15, 0.2) is 23.8 Å². The Morgan fingerprint density at radius 3 is 2.61 bits per heavy atom. The molecule has 0 aromatic heterocycles. The molecule has 0 unspecified atom stereocenters. The minimum Gasteiger partial charge on any atom is -0.392 e. The van der Waals surface area contributed by atoms with Crippen LogP contribution in [-0.4, -0.2) is 11.7 Å². The lowest BCUT2D eigenvalue weighted by atomic mass is 9.83. The first-order valence-corrected chi connectivity index (χ1v) is 6.47. The third kappa shape index (κ3) is 3.16. The van der Waals surface area contributed by atoms with Crippen LogP contribution in [0.1, 0.15) is 37.7 Å². The highest BCUT2D eigenvalue weighted by Crippen LogP contribution is 2.31. The third-order valence-corrected chi connectivity index (χ3v) is 3.61. The van der Waals surface area contributed by atoms with Gasteiger partial charge in [0, 0.05) is 5.56 Å². The highest BCUT2D eigenvalue weighted by molar-refractivity contribution is 5.54. The van der Waals surface area contributed by atoms with Crippen molar-refractivity contribution in [2.24, 2.45) is 5.92 Å². The number of aliphatic hydroxyl groups is 1. The fraction of sp³-hybridized carbons (Fsp3) is 0.467. The molecule has 0 saturated heterocycles. The van der Waals surface area contributed by atoms with Crippen molar-refractivity contribution >= 4 is 6.08 Å². The van der Waals surface area contributed by atoms with Gasteiger partial charge in [0.2, 0.25) is 0 Å². The molecular weight excluding hydrogens is 234 g/mol. The normalized spacial score (nSPS) is 18.1. The lowest BCUT2D eigenvalue weighted by Gasteiger charge is -2.23. The maximum absolute atomic E-state index is 13.5. The van der Waals surface area contributed by atoms with Crippen molar-refractivity contribution in [3.63, 3.8) is 0 Å². The van der Waals surface area contributed by atoms with Gasteiger partial charge in [-0.3, -0.25) is 0 Å². The first-order chi connectivity index (χ1) is 8.70. The third-order valence-electron chi connectivity index (χ3n) is 3.61. The molecule has 1 N–H and O–H groups in total. The summed E-state index contributed by atoms with van der Waals surface area (Å²) in [6.07, 6.45) is 7.19. The van der Waals surface area contributed by atoms with Crippen molar-refractivity contribution in [2.75, 3.05) is 6.61 Å². The van der Waals surface area contributed by atoms with E-state index in [9.17, 15) is 13.9 Å². The molecule has 0 spiro atoms. The summed E-state index contributed by atoms with van der Waals surface area (Å²) in [6, 6.07) is 3.40. The molecule has 98 valence electrons. The summed E-state index contributed by atoms with van der Waals surface area (Å²) in [5.41, 5.74) is 1.05.